The molecule has 0 aliphatic carbocycles. The van der Waals surface area contributed by atoms with E-state index in [-0.39, 0.29) is 5.97 Å². The number of aromatic nitrogens is 1. The van der Waals surface area contributed by atoms with Crippen LogP contribution in [-0.2, 0) is 11.3 Å². The monoisotopic (exact) mass is 398 g/mol. The maximum Gasteiger partial charge on any atom is 0.340 e. The topological polar surface area (TPSA) is 63.5 Å². The molecule has 0 amide bonds. The van der Waals surface area contributed by atoms with Gasteiger partial charge in [0.05, 0.1) is 18.3 Å². The fourth-order valence-corrected chi connectivity index (χ4v) is 3.16. The van der Waals surface area contributed by atoms with Crippen molar-refractivity contribution >= 4 is 23.3 Å². The van der Waals surface area contributed by atoms with E-state index in [2.05, 4.69) is 5.32 Å². The lowest BCUT2D eigenvalue weighted by Gasteiger charge is -2.14. The van der Waals surface area contributed by atoms with Gasteiger partial charge in [-0.2, -0.15) is 0 Å². The zero-order valence-corrected chi connectivity index (χ0v) is 16.4. The molecule has 0 aliphatic rings. The molecule has 0 spiro atoms. The summed E-state index contributed by atoms with van der Waals surface area (Å²) in [6.45, 7) is 2.79. The Kier molecular flexibility index (Phi) is 6.74. The van der Waals surface area contributed by atoms with Gasteiger partial charge in [0.1, 0.15) is 0 Å². The van der Waals surface area contributed by atoms with Crippen LogP contribution in [0.5, 0.6) is 0 Å². The van der Waals surface area contributed by atoms with Crippen molar-refractivity contribution in [3.8, 4) is 11.1 Å². The Bertz CT molecular complexity index is 925. The van der Waals surface area contributed by atoms with Crippen LogP contribution in [0.25, 0.3) is 11.1 Å². The fraction of sp³-hybridized carbons (Fsp3) is 0.227. The lowest BCUT2D eigenvalue weighted by Crippen LogP contribution is -2.24. The molecule has 0 bridgehead atoms. The third kappa shape index (κ3) is 5.15. The Morgan fingerprint density at radius 1 is 1.18 bits per heavy atom. The van der Waals surface area contributed by atoms with Gasteiger partial charge in [-0.15, -0.1) is 0 Å². The van der Waals surface area contributed by atoms with E-state index < -0.39 is 6.10 Å². The highest BCUT2D eigenvalue weighted by Gasteiger charge is 2.18. The second-order valence-corrected chi connectivity index (χ2v) is 6.85. The first-order valence-corrected chi connectivity index (χ1v) is 9.54. The summed E-state index contributed by atoms with van der Waals surface area (Å²) in [7, 11) is 0. The highest BCUT2D eigenvalue weighted by Crippen LogP contribution is 2.26. The van der Waals surface area contributed by atoms with Gasteiger partial charge in [-0.25, -0.2) is 4.79 Å². The molecule has 1 aromatic heterocycles. The number of aliphatic hydroxyl groups is 1. The Balaban J connectivity index is 1.73. The predicted molar refractivity (Wildman–Crippen MR) is 112 cm³/mol. The van der Waals surface area contributed by atoms with E-state index in [1.165, 1.54) is 0 Å². The van der Waals surface area contributed by atoms with E-state index in [1.54, 1.807) is 25.3 Å². The van der Waals surface area contributed by atoms with Gasteiger partial charge in [0.25, 0.3) is 0 Å². The van der Waals surface area contributed by atoms with Gasteiger partial charge >= 0.3 is 5.97 Å². The predicted octanol–water partition coefficient (Wildman–Crippen LogP) is 4.46. The molecule has 2 aromatic carbocycles. The van der Waals surface area contributed by atoms with E-state index in [1.807, 2.05) is 53.2 Å². The quantitative estimate of drug-likeness (QED) is 0.550. The van der Waals surface area contributed by atoms with Crippen LogP contribution in [0.2, 0.25) is 5.02 Å². The molecular formula is C22H23ClN2O3. The van der Waals surface area contributed by atoms with Crippen molar-refractivity contribution in [1.82, 2.24) is 4.57 Å². The molecule has 3 aromatic rings. The van der Waals surface area contributed by atoms with Gasteiger partial charge in [-0.05, 0) is 30.7 Å². The first kappa shape index (κ1) is 20.0. The van der Waals surface area contributed by atoms with Crippen molar-refractivity contribution in [2.75, 3.05) is 18.5 Å². The average Bonchev–Trinajstić information content (AvgIpc) is 3.11. The Hall–Kier alpha value is -2.76. The van der Waals surface area contributed by atoms with Crippen LogP contribution < -0.4 is 5.32 Å². The molecule has 1 unspecified atom stereocenters. The number of esters is 1. The molecule has 1 heterocycles. The molecule has 28 heavy (non-hydrogen) atoms. The number of carbonyl (C=O) groups excluding carboxylic acids is 1. The van der Waals surface area contributed by atoms with Crippen LogP contribution in [0.1, 0.15) is 17.3 Å². The lowest BCUT2D eigenvalue weighted by atomic mass is 10.1. The number of ether oxygens (including phenoxy) is 1. The van der Waals surface area contributed by atoms with Gasteiger partial charge in [0.2, 0.25) is 0 Å². The van der Waals surface area contributed by atoms with Gasteiger partial charge in [-0.1, -0.05) is 48.0 Å². The number of nitrogens with zero attached hydrogens (tertiary/aromatic N) is 1. The normalized spacial score (nSPS) is 11.8. The Labute approximate surface area is 169 Å². The minimum atomic E-state index is -0.648. The molecule has 3 rings (SSSR count). The summed E-state index contributed by atoms with van der Waals surface area (Å²) < 4.78 is 7.00. The minimum absolute atomic E-state index is 0.310. The van der Waals surface area contributed by atoms with E-state index in [0.29, 0.717) is 30.3 Å². The van der Waals surface area contributed by atoms with E-state index in [0.717, 1.165) is 16.8 Å². The van der Waals surface area contributed by atoms with Crippen LogP contribution >= 0.6 is 11.6 Å². The van der Waals surface area contributed by atoms with Crippen molar-refractivity contribution in [1.29, 1.82) is 0 Å². The highest BCUT2D eigenvalue weighted by atomic mass is 35.5. The summed E-state index contributed by atoms with van der Waals surface area (Å²) in [5, 5.41) is 14.2. The number of hydrogen-bond donors (Lipinski definition) is 2. The van der Waals surface area contributed by atoms with Crippen LogP contribution in [0.4, 0.5) is 5.69 Å². The SMILES string of the molecule is CCOC(=O)c1cn(CC(O)CNc2cccc(Cl)c2)cc1-c1ccccc1. The molecule has 0 aliphatic heterocycles. The molecular weight excluding hydrogens is 376 g/mol. The minimum Gasteiger partial charge on any atom is -0.462 e. The van der Waals surface area contributed by atoms with Gasteiger partial charge < -0.3 is 19.7 Å². The number of benzene rings is 2. The van der Waals surface area contributed by atoms with Crippen molar-refractivity contribution in [3.63, 3.8) is 0 Å². The third-order valence-electron chi connectivity index (χ3n) is 4.25. The standard InChI is InChI=1S/C22H23ClN2O3/c1-2-28-22(27)21-15-25(14-20(21)16-7-4-3-5-8-16)13-19(26)12-24-18-10-6-9-17(23)11-18/h3-11,14-15,19,24,26H,2,12-13H2,1H3. The van der Waals surface area contributed by atoms with Crippen molar-refractivity contribution in [2.24, 2.45) is 0 Å². The van der Waals surface area contributed by atoms with E-state index in [9.17, 15) is 9.90 Å². The fourth-order valence-electron chi connectivity index (χ4n) is 2.97. The second-order valence-electron chi connectivity index (χ2n) is 6.41. The molecule has 0 saturated carbocycles. The summed E-state index contributed by atoms with van der Waals surface area (Å²) >= 11 is 5.97. The number of rotatable bonds is 8. The molecule has 146 valence electrons. The maximum atomic E-state index is 12.4. The summed E-state index contributed by atoms with van der Waals surface area (Å²) in [4.78, 5) is 12.4. The number of anilines is 1. The van der Waals surface area contributed by atoms with Gasteiger partial charge in [-0.3, -0.25) is 0 Å². The summed E-state index contributed by atoms with van der Waals surface area (Å²) in [6.07, 6.45) is 2.94. The summed E-state index contributed by atoms with van der Waals surface area (Å²) in [5.74, 6) is -0.369. The molecule has 6 heteroatoms. The largest absolute Gasteiger partial charge is 0.462 e. The van der Waals surface area contributed by atoms with Gasteiger partial charge in [0, 0.05) is 41.8 Å². The molecule has 5 nitrogen and oxygen atoms in total. The third-order valence-corrected chi connectivity index (χ3v) is 4.48. The van der Waals surface area contributed by atoms with Crippen molar-refractivity contribution < 1.29 is 14.6 Å². The smallest absolute Gasteiger partial charge is 0.340 e. The molecule has 0 saturated heterocycles. The lowest BCUT2D eigenvalue weighted by molar-refractivity contribution is 0.0527. The maximum absolute atomic E-state index is 12.4. The first-order valence-electron chi connectivity index (χ1n) is 9.16. The number of aliphatic hydroxyl groups excluding tert-OH is 1. The average molecular weight is 399 g/mol. The number of hydrogen-bond acceptors (Lipinski definition) is 4. The van der Waals surface area contributed by atoms with Crippen molar-refractivity contribution in [3.05, 3.63) is 77.6 Å². The Morgan fingerprint density at radius 2 is 1.96 bits per heavy atom. The van der Waals surface area contributed by atoms with Gasteiger partial charge in [0.15, 0.2) is 0 Å². The van der Waals surface area contributed by atoms with Crippen LogP contribution in [0.3, 0.4) is 0 Å². The first-order chi connectivity index (χ1) is 13.6. The Morgan fingerprint density at radius 3 is 2.68 bits per heavy atom. The van der Waals surface area contributed by atoms with Crippen LogP contribution in [0, 0.1) is 0 Å². The molecule has 0 radical (unpaired) electrons. The van der Waals surface area contributed by atoms with Crippen LogP contribution in [0.15, 0.2) is 67.0 Å². The van der Waals surface area contributed by atoms with Crippen LogP contribution in [-0.4, -0.2) is 34.9 Å². The number of halogens is 1. The number of carbonyl (C=O) groups is 1. The summed E-state index contributed by atoms with van der Waals surface area (Å²) in [6, 6.07) is 17.0. The van der Waals surface area contributed by atoms with E-state index >= 15 is 0 Å². The second kappa shape index (κ2) is 9.44. The molecule has 0 fully saturated rings. The number of nitrogens with one attached hydrogen (secondary N) is 1. The zero-order chi connectivity index (χ0) is 19.9. The van der Waals surface area contributed by atoms with Crippen molar-refractivity contribution in [2.45, 2.75) is 19.6 Å². The van der Waals surface area contributed by atoms with E-state index in [4.69, 9.17) is 16.3 Å². The molecule has 2 N–H and O–H groups in total. The molecule has 1 atom stereocenters. The zero-order valence-electron chi connectivity index (χ0n) is 15.6. The highest BCUT2D eigenvalue weighted by molar-refractivity contribution is 6.30. The summed E-state index contributed by atoms with van der Waals surface area (Å²) in [5.41, 5.74) is 3.05.